The number of nitrogens with one attached hydrogen (secondary N) is 1. The van der Waals surface area contributed by atoms with Gasteiger partial charge in [-0.1, -0.05) is 0 Å². The maximum absolute atomic E-state index is 12.3. The first-order valence-corrected chi connectivity index (χ1v) is 8.00. The van der Waals surface area contributed by atoms with E-state index in [0.29, 0.717) is 23.1 Å². The molecule has 0 spiro atoms. The second kappa shape index (κ2) is 6.75. The highest BCUT2D eigenvalue weighted by molar-refractivity contribution is 6.06. The molecule has 3 atom stereocenters. The van der Waals surface area contributed by atoms with Crippen LogP contribution in [0.1, 0.15) is 23.0 Å². The normalized spacial score (nSPS) is 22.6. The highest BCUT2D eigenvalue weighted by atomic mass is 16.5. The molecule has 0 aromatic carbocycles. The number of nitrogens with zero attached hydrogens (tertiary/aromatic N) is 5. The van der Waals surface area contributed by atoms with E-state index in [9.17, 15) is 15.0 Å². The van der Waals surface area contributed by atoms with Crippen LogP contribution in [0.15, 0.2) is 37.2 Å². The Labute approximate surface area is 147 Å². The summed E-state index contributed by atoms with van der Waals surface area (Å²) in [6.07, 6.45) is 4.18. The number of hydrogen-bond acceptors (Lipinski definition) is 8. The lowest BCUT2D eigenvalue weighted by Gasteiger charge is -2.16. The molecule has 0 radical (unpaired) electrons. The molecule has 0 bridgehead atoms. The molecule has 26 heavy (non-hydrogen) atoms. The summed E-state index contributed by atoms with van der Waals surface area (Å²) in [4.78, 5) is 28.7. The van der Waals surface area contributed by atoms with Gasteiger partial charge in [-0.2, -0.15) is 0 Å². The van der Waals surface area contributed by atoms with Crippen LogP contribution in [0.25, 0.3) is 11.2 Å². The van der Waals surface area contributed by atoms with Crippen molar-refractivity contribution in [1.29, 1.82) is 0 Å². The number of aromatic nitrogens is 5. The van der Waals surface area contributed by atoms with E-state index >= 15 is 0 Å². The van der Waals surface area contributed by atoms with E-state index in [-0.39, 0.29) is 18.3 Å². The van der Waals surface area contributed by atoms with Crippen LogP contribution in [0.5, 0.6) is 0 Å². The van der Waals surface area contributed by atoms with E-state index in [1.54, 1.807) is 16.7 Å². The van der Waals surface area contributed by atoms with E-state index in [1.165, 1.54) is 25.0 Å². The zero-order valence-corrected chi connectivity index (χ0v) is 13.6. The monoisotopic (exact) mass is 356 g/mol. The number of fused-ring (bicyclic) bond motifs is 1. The van der Waals surface area contributed by atoms with Crippen molar-refractivity contribution in [3.8, 4) is 0 Å². The Kier molecular flexibility index (Phi) is 4.29. The predicted molar refractivity (Wildman–Crippen MR) is 89.1 cm³/mol. The topological polar surface area (TPSA) is 135 Å². The Hall–Kier alpha value is -2.95. The van der Waals surface area contributed by atoms with Crippen LogP contribution in [0.4, 0.5) is 5.82 Å². The van der Waals surface area contributed by atoms with E-state index < -0.39 is 18.4 Å². The Morgan fingerprint density at radius 3 is 2.85 bits per heavy atom. The van der Waals surface area contributed by atoms with Gasteiger partial charge < -0.3 is 20.3 Å². The van der Waals surface area contributed by atoms with Crippen molar-refractivity contribution in [1.82, 2.24) is 24.5 Å². The third kappa shape index (κ3) is 2.90. The van der Waals surface area contributed by atoms with Crippen molar-refractivity contribution in [3.63, 3.8) is 0 Å². The second-order valence-electron chi connectivity index (χ2n) is 5.87. The van der Waals surface area contributed by atoms with E-state index in [2.05, 4.69) is 25.3 Å². The Morgan fingerprint density at radius 2 is 2.12 bits per heavy atom. The quantitative estimate of drug-likeness (QED) is 0.599. The molecule has 1 aliphatic rings. The lowest BCUT2D eigenvalue weighted by Crippen LogP contribution is -2.19. The van der Waals surface area contributed by atoms with Crippen LogP contribution in [-0.4, -0.2) is 59.4 Å². The van der Waals surface area contributed by atoms with Gasteiger partial charge in [0, 0.05) is 24.4 Å². The summed E-state index contributed by atoms with van der Waals surface area (Å²) < 4.78 is 7.20. The molecule has 4 heterocycles. The highest BCUT2D eigenvalue weighted by Crippen LogP contribution is 2.31. The molecule has 10 nitrogen and oxygen atoms in total. The van der Waals surface area contributed by atoms with Gasteiger partial charge in [0.25, 0.3) is 5.91 Å². The summed E-state index contributed by atoms with van der Waals surface area (Å²) in [5.74, 6) is -0.0961. The van der Waals surface area contributed by atoms with Gasteiger partial charge in [-0.3, -0.25) is 14.3 Å². The largest absolute Gasteiger partial charge is 0.394 e. The first-order valence-electron chi connectivity index (χ1n) is 8.00. The SMILES string of the molecule is O=C(Nc1ncnc2c1ncn2[C@@H]1O[C@H](CO)C[C@@H]1O)c1ccncc1. The molecule has 1 amide bonds. The van der Waals surface area contributed by atoms with Crippen LogP contribution in [0.3, 0.4) is 0 Å². The lowest BCUT2D eigenvalue weighted by molar-refractivity contribution is -0.0486. The minimum Gasteiger partial charge on any atom is -0.394 e. The number of aliphatic hydroxyl groups excluding tert-OH is 2. The van der Waals surface area contributed by atoms with Gasteiger partial charge in [0.1, 0.15) is 12.4 Å². The summed E-state index contributed by atoms with van der Waals surface area (Å²) in [5, 5.41) is 22.1. The number of anilines is 1. The summed E-state index contributed by atoms with van der Waals surface area (Å²) in [6, 6.07) is 3.17. The summed E-state index contributed by atoms with van der Waals surface area (Å²) >= 11 is 0. The number of hydrogen-bond donors (Lipinski definition) is 3. The number of amides is 1. The minimum atomic E-state index is -0.797. The van der Waals surface area contributed by atoms with E-state index in [0.717, 1.165) is 0 Å². The Morgan fingerprint density at radius 1 is 1.31 bits per heavy atom. The van der Waals surface area contributed by atoms with Gasteiger partial charge in [-0.05, 0) is 12.1 Å². The molecular weight excluding hydrogens is 340 g/mol. The molecule has 0 unspecified atom stereocenters. The smallest absolute Gasteiger partial charge is 0.256 e. The van der Waals surface area contributed by atoms with Gasteiger partial charge in [-0.25, -0.2) is 15.0 Å². The average Bonchev–Trinajstić information content (AvgIpc) is 3.26. The summed E-state index contributed by atoms with van der Waals surface area (Å²) in [5.41, 5.74) is 1.22. The number of pyridine rings is 1. The average molecular weight is 356 g/mol. The first kappa shape index (κ1) is 16.5. The highest BCUT2D eigenvalue weighted by Gasteiger charge is 2.36. The van der Waals surface area contributed by atoms with Crippen LogP contribution in [0, 0.1) is 0 Å². The van der Waals surface area contributed by atoms with Gasteiger partial charge in [0.05, 0.1) is 19.0 Å². The van der Waals surface area contributed by atoms with Crippen molar-refractivity contribution < 1.29 is 19.7 Å². The molecule has 10 heteroatoms. The van der Waals surface area contributed by atoms with Gasteiger partial charge in [-0.15, -0.1) is 0 Å². The van der Waals surface area contributed by atoms with Gasteiger partial charge >= 0.3 is 0 Å². The predicted octanol–water partition coefficient (Wildman–Crippen LogP) is 0.114. The number of aliphatic hydroxyl groups is 2. The maximum Gasteiger partial charge on any atom is 0.256 e. The summed E-state index contributed by atoms with van der Waals surface area (Å²) in [7, 11) is 0. The molecule has 3 aromatic heterocycles. The third-order valence-corrected chi connectivity index (χ3v) is 4.18. The number of carbonyl (C=O) groups is 1. The number of imidazole rings is 1. The standard InChI is InChI=1S/C16H16N6O4/c23-6-10-5-11(24)16(26-10)22-8-20-12-13(18-7-19-14(12)22)21-15(25)9-1-3-17-4-2-9/h1-4,7-8,10-11,16,23-24H,5-6H2,(H,18,19,21,25)/t10-,11-,16+/m0/s1. The molecule has 0 saturated carbocycles. The molecule has 4 rings (SSSR count). The molecule has 3 aromatic rings. The Balaban J connectivity index is 1.64. The molecule has 134 valence electrons. The Bertz CT molecular complexity index is 931. The zero-order chi connectivity index (χ0) is 18.1. The molecule has 1 saturated heterocycles. The van der Waals surface area contributed by atoms with Crippen LogP contribution < -0.4 is 5.32 Å². The van der Waals surface area contributed by atoms with E-state index in [4.69, 9.17) is 4.74 Å². The van der Waals surface area contributed by atoms with Crippen molar-refractivity contribution in [2.24, 2.45) is 0 Å². The molecule has 0 aliphatic carbocycles. The van der Waals surface area contributed by atoms with Crippen molar-refractivity contribution >= 4 is 22.9 Å². The minimum absolute atomic E-state index is 0.178. The zero-order valence-electron chi connectivity index (χ0n) is 13.6. The van der Waals surface area contributed by atoms with Crippen LogP contribution >= 0.6 is 0 Å². The van der Waals surface area contributed by atoms with Crippen LogP contribution in [0.2, 0.25) is 0 Å². The number of carbonyl (C=O) groups excluding carboxylic acids is 1. The molecule has 3 N–H and O–H groups in total. The van der Waals surface area contributed by atoms with Crippen molar-refractivity contribution in [2.75, 3.05) is 11.9 Å². The van der Waals surface area contributed by atoms with E-state index in [1.807, 2.05) is 0 Å². The lowest BCUT2D eigenvalue weighted by atomic mass is 10.2. The number of ether oxygens (including phenoxy) is 1. The number of rotatable bonds is 4. The van der Waals surface area contributed by atoms with Crippen molar-refractivity contribution in [2.45, 2.75) is 24.9 Å². The fraction of sp³-hybridized carbons (Fsp3) is 0.312. The van der Waals surface area contributed by atoms with Gasteiger partial charge in [0.15, 0.2) is 23.2 Å². The van der Waals surface area contributed by atoms with Crippen molar-refractivity contribution in [3.05, 3.63) is 42.7 Å². The molecule has 1 aliphatic heterocycles. The van der Waals surface area contributed by atoms with Gasteiger partial charge in [0.2, 0.25) is 0 Å². The maximum atomic E-state index is 12.3. The first-order chi connectivity index (χ1) is 12.7. The fourth-order valence-electron chi connectivity index (χ4n) is 2.91. The molecule has 1 fully saturated rings. The fourth-order valence-corrected chi connectivity index (χ4v) is 2.91. The molecular formula is C16H16N6O4. The second-order valence-corrected chi connectivity index (χ2v) is 5.87. The summed E-state index contributed by atoms with van der Waals surface area (Å²) in [6.45, 7) is -0.178. The van der Waals surface area contributed by atoms with Crippen LogP contribution in [-0.2, 0) is 4.74 Å². The third-order valence-electron chi connectivity index (χ3n) is 4.18.